The number of carbonyl (C=O) groups is 1. The van der Waals surface area contributed by atoms with Crippen LogP contribution in [0.15, 0.2) is 83.9 Å². The lowest BCUT2D eigenvalue weighted by atomic mass is 10.2. The summed E-state index contributed by atoms with van der Waals surface area (Å²) in [6, 6.07) is 22.9. The lowest BCUT2D eigenvalue weighted by Crippen LogP contribution is -2.29. The second kappa shape index (κ2) is 9.95. The molecule has 0 fully saturated rings. The molecule has 0 saturated carbocycles. The van der Waals surface area contributed by atoms with Gasteiger partial charge < -0.3 is 19.4 Å². The van der Waals surface area contributed by atoms with Gasteiger partial charge in [0.25, 0.3) is 5.56 Å². The molecular weight excluding hydrogens is 456 g/mol. The van der Waals surface area contributed by atoms with Crippen LogP contribution in [0.5, 0.6) is 11.5 Å². The Hall–Kier alpha value is -4.59. The van der Waals surface area contributed by atoms with Gasteiger partial charge in [-0.2, -0.15) is 0 Å². The predicted octanol–water partition coefficient (Wildman–Crippen LogP) is 3.73. The summed E-state index contributed by atoms with van der Waals surface area (Å²) in [4.78, 5) is 31.3. The van der Waals surface area contributed by atoms with E-state index in [9.17, 15) is 9.59 Å². The molecule has 1 amide bonds. The van der Waals surface area contributed by atoms with Crippen LogP contribution in [0.3, 0.4) is 0 Å². The molecule has 2 heterocycles. The molecule has 0 atom stereocenters. The van der Waals surface area contributed by atoms with Gasteiger partial charge in [0.05, 0.1) is 32.6 Å². The summed E-state index contributed by atoms with van der Waals surface area (Å²) in [5.41, 5.74) is 3.37. The van der Waals surface area contributed by atoms with Gasteiger partial charge >= 0.3 is 0 Å². The number of nitrogens with zero attached hydrogens (tertiary/aromatic N) is 3. The van der Waals surface area contributed by atoms with Crippen molar-refractivity contribution in [3.8, 4) is 11.5 Å². The minimum Gasteiger partial charge on any atom is -0.493 e. The maximum absolute atomic E-state index is 13.6. The first-order chi connectivity index (χ1) is 17.6. The third kappa shape index (κ3) is 4.29. The fraction of sp³-hybridized carbons (Fsp3) is 0.179. The number of para-hydroxylation sites is 2. The summed E-state index contributed by atoms with van der Waals surface area (Å²) < 4.78 is 14.1. The Kier molecular flexibility index (Phi) is 6.40. The molecule has 0 spiro atoms. The molecule has 8 nitrogen and oxygen atoms in total. The zero-order chi connectivity index (χ0) is 25.1. The van der Waals surface area contributed by atoms with Crippen LogP contribution in [0, 0.1) is 0 Å². The first-order valence-electron chi connectivity index (χ1n) is 11.6. The number of methoxy groups -OCH3 is 2. The van der Waals surface area contributed by atoms with E-state index < -0.39 is 0 Å². The number of hydrogen-bond acceptors (Lipinski definition) is 5. The Bertz CT molecular complexity index is 1610. The normalized spacial score (nSPS) is 11.1. The zero-order valence-corrected chi connectivity index (χ0v) is 20.1. The molecule has 3 aromatic carbocycles. The molecule has 0 aliphatic rings. The summed E-state index contributed by atoms with van der Waals surface area (Å²) in [7, 11) is 3.13. The first-order valence-corrected chi connectivity index (χ1v) is 11.6. The molecule has 5 rings (SSSR count). The predicted molar refractivity (Wildman–Crippen MR) is 138 cm³/mol. The Morgan fingerprint density at radius 2 is 1.72 bits per heavy atom. The molecule has 0 aliphatic heterocycles. The van der Waals surface area contributed by atoms with E-state index in [1.54, 1.807) is 35.7 Å². The number of amides is 1. The maximum atomic E-state index is 13.6. The van der Waals surface area contributed by atoms with E-state index in [-0.39, 0.29) is 24.6 Å². The molecule has 8 heteroatoms. The summed E-state index contributed by atoms with van der Waals surface area (Å²) in [6.07, 6.45) is 1.57. The highest BCUT2D eigenvalue weighted by molar-refractivity contribution is 6.06. The van der Waals surface area contributed by atoms with Crippen molar-refractivity contribution in [2.45, 2.75) is 19.6 Å². The SMILES string of the molecule is COc1cccc(CNC(=O)Cn2c3ccccc3c3ncn(Cc4ccccc4)c(=O)c32)c1OC. The van der Waals surface area contributed by atoms with Gasteiger partial charge in [-0.15, -0.1) is 0 Å². The van der Waals surface area contributed by atoms with E-state index >= 15 is 0 Å². The number of aromatic nitrogens is 3. The minimum absolute atomic E-state index is 0.0252. The number of hydrogen-bond donors (Lipinski definition) is 1. The third-order valence-corrected chi connectivity index (χ3v) is 6.19. The van der Waals surface area contributed by atoms with E-state index in [2.05, 4.69) is 10.3 Å². The molecule has 0 unspecified atom stereocenters. The van der Waals surface area contributed by atoms with Crippen molar-refractivity contribution in [3.05, 3.63) is 101 Å². The van der Waals surface area contributed by atoms with E-state index in [0.29, 0.717) is 29.1 Å². The molecule has 2 aromatic heterocycles. The lowest BCUT2D eigenvalue weighted by Gasteiger charge is -2.14. The monoisotopic (exact) mass is 482 g/mol. The third-order valence-electron chi connectivity index (χ3n) is 6.19. The highest BCUT2D eigenvalue weighted by Crippen LogP contribution is 2.30. The van der Waals surface area contributed by atoms with Crippen molar-refractivity contribution in [1.29, 1.82) is 0 Å². The Balaban J connectivity index is 1.48. The largest absolute Gasteiger partial charge is 0.493 e. The van der Waals surface area contributed by atoms with Crippen molar-refractivity contribution in [1.82, 2.24) is 19.4 Å². The molecule has 182 valence electrons. The van der Waals surface area contributed by atoms with Crippen molar-refractivity contribution in [2.75, 3.05) is 14.2 Å². The number of fused-ring (bicyclic) bond motifs is 3. The number of benzene rings is 3. The topological polar surface area (TPSA) is 87.4 Å². The van der Waals surface area contributed by atoms with Gasteiger partial charge in [-0.25, -0.2) is 4.98 Å². The van der Waals surface area contributed by atoms with Gasteiger partial charge in [0.15, 0.2) is 11.5 Å². The van der Waals surface area contributed by atoms with Crippen LogP contribution in [0.2, 0.25) is 0 Å². The summed E-state index contributed by atoms with van der Waals surface area (Å²) >= 11 is 0. The number of carbonyl (C=O) groups excluding carboxylic acids is 1. The second-order valence-corrected chi connectivity index (χ2v) is 8.39. The van der Waals surface area contributed by atoms with E-state index in [1.807, 2.05) is 66.7 Å². The number of rotatable bonds is 8. The minimum atomic E-state index is -0.236. The molecule has 0 radical (unpaired) electrons. The van der Waals surface area contributed by atoms with E-state index in [1.165, 1.54) is 0 Å². The van der Waals surface area contributed by atoms with Gasteiger partial charge in [0, 0.05) is 17.5 Å². The van der Waals surface area contributed by atoms with Gasteiger partial charge in [0.2, 0.25) is 5.91 Å². The second-order valence-electron chi connectivity index (χ2n) is 8.39. The smallest absolute Gasteiger partial charge is 0.278 e. The lowest BCUT2D eigenvalue weighted by molar-refractivity contribution is -0.121. The highest BCUT2D eigenvalue weighted by atomic mass is 16.5. The van der Waals surface area contributed by atoms with E-state index in [0.717, 1.165) is 22.0 Å². The van der Waals surface area contributed by atoms with Crippen LogP contribution in [-0.4, -0.2) is 34.2 Å². The summed E-state index contributed by atoms with van der Waals surface area (Å²) in [5.74, 6) is 0.933. The molecule has 0 aliphatic carbocycles. The van der Waals surface area contributed by atoms with Crippen molar-refractivity contribution >= 4 is 27.8 Å². The van der Waals surface area contributed by atoms with Crippen molar-refractivity contribution < 1.29 is 14.3 Å². The standard InChI is InChI=1S/C28H26N4O4/c1-35-23-14-8-11-20(27(23)36-2)15-29-24(33)17-32-22-13-7-6-12-21(22)25-26(32)28(34)31(18-30-25)16-19-9-4-3-5-10-19/h3-14,18H,15-17H2,1-2H3,(H,29,33). The van der Waals surface area contributed by atoms with Crippen LogP contribution < -0.4 is 20.3 Å². The molecule has 0 saturated heterocycles. The molecule has 36 heavy (non-hydrogen) atoms. The van der Waals surface area contributed by atoms with Crippen LogP contribution in [0.1, 0.15) is 11.1 Å². The van der Waals surface area contributed by atoms with Crippen LogP contribution >= 0.6 is 0 Å². The number of ether oxygens (including phenoxy) is 2. The Morgan fingerprint density at radius 3 is 2.50 bits per heavy atom. The quantitative estimate of drug-likeness (QED) is 0.364. The highest BCUT2D eigenvalue weighted by Gasteiger charge is 2.19. The molecule has 0 bridgehead atoms. The average molecular weight is 483 g/mol. The summed E-state index contributed by atoms with van der Waals surface area (Å²) in [5, 5.41) is 3.77. The van der Waals surface area contributed by atoms with Gasteiger partial charge in [0.1, 0.15) is 17.6 Å². The average Bonchev–Trinajstić information content (AvgIpc) is 3.23. The summed E-state index contributed by atoms with van der Waals surface area (Å²) in [6.45, 7) is 0.626. The maximum Gasteiger partial charge on any atom is 0.278 e. The molecule has 5 aromatic rings. The molecular formula is C28H26N4O4. The fourth-order valence-corrected chi connectivity index (χ4v) is 4.49. The fourth-order valence-electron chi connectivity index (χ4n) is 4.49. The van der Waals surface area contributed by atoms with Gasteiger partial charge in [-0.1, -0.05) is 60.7 Å². The van der Waals surface area contributed by atoms with Crippen molar-refractivity contribution in [3.63, 3.8) is 0 Å². The van der Waals surface area contributed by atoms with Crippen molar-refractivity contribution in [2.24, 2.45) is 0 Å². The van der Waals surface area contributed by atoms with Crippen LogP contribution in [-0.2, 0) is 24.4 Å². The van der Waals surface area contributed by atoms with E-state index in [4.69, 9.17) is 9.47 Å². The Labute approximate surface area is 207 Å². The number of nitrogens with one attached hydrogen (secondary N) is 1. The van der Waals surface area contributed by atoms with Crippen LogP contribution in [0.4, 0.5) is 0 Å². The van der Waals surface area contributed by atoms with Gasteiger partial charge in [-0.3, -0.25) is 14.2 Å². The molecule has 1 N–H and O–H groups in total. The van der Waals surface area contributed by atoms with Crippen LogP contribution in [0.25, 0.3) is 21.9 Å². The first kappa shape index (κ1) is 23.2. The zero-order valence-electron chi connectivity index (χ0n) is 20.1. The van der Waals surface area contributed by atoms with Gasteiger partial charge in [-0.05, 0) is 17.7 Å². The Morgan fingerprint density at radius 1 is 0.944 bits per heavy atom.